The fraction of sp³-hybridized carbons (Fsp3) is 0.250. The highest BCUT2D eigenvalue weighted by atomic mass is 35.5. The van der Waals surface area contributed by atoms with Crippen LogP contribution in [-0.2, 0) is 4.74 Å². The molecule has 3 N–H and O–H groups in total. The van der Waals surface area contributed by atoms with Crippen molar-refractivity contribution >= 4 is 39.8 Å². The molecule has 1 heterocycles. The normalized spacial score (nSPS) is 12.1. The SMILES string of the molecule is COCCNC(=S)NC[C@@H](c1ccccc1Cl)c1c[nH]c2ccccc12. The number of aromatic nitrogens is 1. The first-order valence-electron chi connectivity index (χ1n) is 8.51. The lowest BCUT2D eigenvalue weighted by molar-refractivity contribution is 0.204. The smallest absolute Gasteiger partial charge is 0.166 e. The van der Waals surface area contributed by atoms with Gasteiger partial charge in [-0.05, 0) is 35.5 Å². The lowest BCUT2D eigenvalue weighted by Crippen LogP contribution is -2.39. The van der Waals surface area contributed by atoms with Crippen LogP contribution < -0.4 is 10.6 Å². The van der Waals surface area contributed by atoms with Crippen molar-refractivity contribution in [1.82, 2.24) is 15.6 Å². The quantitative estimate of drug-likeness (QED) is 0.422. The zero-order chi connectivity index (χ0) is 18.4. The molecule has 1 aromatic heterocycles. The van der Waals surface area contributed by atoms with Crippen LogP contribution in [0.4, 0.5) is 0 Å². The first-order valence-corrected chi connectivity index (χ1v) is 9.30. The van der Waals surface area contributed by atoms with Crippen molar-refractivity contribution in [2.75, 3.05) is 26.8 Å². The third-order valence-electron chi connectivity index (χ3n) is 4.34. The molecule has 0 spiro atoms. The number of nitrogens with one attached hydrogen (secondary N) is 3. The Morgan fingerprint density at radius 1 is 1.12 bits per heavy atom. The van der Waals surface area contributed by atoms with Crippen LogP contribution in [-0.4, -0.2) is 36.9 Å². The average molecular weight is 388 g/mol. The van der Waals surface area contributed by atoms with E-state index in [0.29, 0.717) is 24.8 Å². The van der Waals surface area contributed by atoms with E-state index >= 15 is 0 Å². The molecule has 3 rings (SSSR count). The Bertz CT molecular complexity index is 880. The number of hydrogen-bond donors (Lipinski definition) is 3. The fourth-order valence-corrected chi connectivity index (χ4v) is 3.50. The maximum absolute atomic E-state index is 6.50. The summed E-state index contributed by atoms with van der Waals surface area (Å²) in [7, 11) is 1.67. The Kier molecular flexibility index (Phi) is 6.50. The summed E-state index contributed by atoms with van der Waals surface area (Å²) in [6.45, 7) is 1.93. The number of para-hydroxylation sites is 1. The van der Waals surface area contributed by atoms with Gasteiger partial charge in [0.15, 0.2) is 5.11 Å². The van der Waals surface area contributed by atoms with Crippen LogP contribution in [0.5, 0.6) is 0 Å². The van der Waals surface area contributed by atoms with Gasteiger partial charge in [0.2, 0.25) is 0 Å². The number of aromatic amines is 1. The molecule has 0 aliphatic heterocycles. The molecule has 0 aliphatic carbocycles. The van der Waals surface area contributed by atoms with Crippen LogP contribution in [0.3, 0.4) is 0 Å². The number of rotatable bonds is 7. The van der Waals surface area contributed by atoms with Crippen LogP contribution >= 0.6 is 23.8 Å². The number of fused-ring (bicyclic) bond motifs is 1. The lowest BCUT2D eigenvalue weighted by Gasteiger charge is -2.20. The highest BCUT2D eigenvalue weighted by Gasteiger charge is 2.20. The maximum Gasteiger partial charge on any atom is 0.166 e. The predicted molar refractivity (Wildman–Crippen MR) is 112 cm³/mol. The molecule has 26 heavy (non-hydrogen) atoms. The van der Waals surface area contributed by atoms with Gasteiger partial charge in [0, 0.05) is 48.2 Å². The standard InChI is InChI=1S/C20H22ClN3OS/c1-25-11-10-22-20(26)24-13-16(14-6-2-4-8-18(14)21)17-12-23-19-9-5-3-7-15(17)19/h2-9,12,16,23H,10-11,13H2,1H3,(H2,22,24,26)/t16-/m0/s1. The molecular formula is C20H22ClN3OS. The van der Waals surface area contributed by atoms with E-state index in [2.05, 4.69) is 40.0 Å². The number of benzene rings is 2. The molecule has 4 nitrogen and oxygen atoms in total. The van der Waals surface area contributed by atoms with E-state index < -0.39 is 0 Å². The number of H-pyrrole nitrogens is 1. The zero-order valence-electron chi connectivity index (χ0n) is 14.6. The Morgan fingerprint density at radius 3 is 2.69 bits per heavy atom. The Morgan fingerprint density at radius 2 is 1.88 bits per heavy atom. The molecule has 0 saturated heterocycles. The van der Waals surface area contributed by atoms with Gasteiger partial charge in [-0.2, -0.15) is 0 Å². The summed E-state index contributed by atoms with van der Waals surface area (Å²) >= 11 is 11.9. The Balaban J connectivity index is 1.86. The summed E-state index contributed by atoms with van der Waals surface area (Å²) in [5.41, 5.74) is 3.38. The van der Waals surface area contributed by atoms with Crippen LogP contribution in [0.15, 0.2) is 54.7 Å². The van der Waals surface area contributed by atoms with Gasteiger partial charge in [0.1, 0.15) is 0 Å². The molecule has 0 unspecified atom stereocenters. The van der Waals surface area contributed by atoms with Crippen LogP contribution in [0, 0.1) is 0 Å². The minimum absolute atomic E-state index is 0.0713. The van der Waals surface area contributed by atoms with E-state index in [4.69, 9.17) is 28.6 Å². The molecule has 136 valence electrons. The topological polar surface area (TPSA) is 49.1 Å². The molecular weight excluding hydrogens is 366 g/mol. The summed E-state index contributed by atoms with van der Waals surface area (Å²) < 4.78 is 5.04. The van der Waals surface area contributed by atoms with Crippen molar-refractivity contribution < 1.29 is 4.74 Å². The number of hydrogen-bond acceptors (Lipinski definition) is 2. The average Bonchev–Trinajstić information content (AvgIpc) is 3.08. The summed E-state index contributed by atoms with van der Waals surface area (Å²) in [5, 5.41) is 9.01. The summed E-state index contributed by atoms with van der Waals surface area (Å²) in [6.07, 6.45) is 2.06. The van der Waals surface area contributed by atoms with Crippen molar-refractivity contribution in [3.63, 3.8) is 0 Å². The molecule has 0 aliphatic rings. The monoisotopic (exact) mass is 387 g/mol. The van der Waals surface area contributed by atoms with Gasteiger partial charge in [-0.1, -0.05) is 48.0 Å². The van der Waals surface area contributed by atoms with Crippen molar-refractivity contribution in [3.8, 4) is 0 Å². The summed E-state index contributed by atoms with van der Waals surface area (Å²) in [6, 6.07) is 16.2. The van der Waals surface area contributed by atoms with E-state index in [9.17, 15) is 0 Å². The second kappa shape index (κ2) is 9.03. The first-order chi connectivity index (χ1) is 12.7. The van der Waals surface area contributed by atoms with Crippen molar-refractivity contribution in [3.05, 3.63) is 70.9 Å². The third-order valence-corrected chi connectivity index (χ3v) is 4.97. The molecule has 2 aromatic carbocycles. The molecule has 6 heteroatoms. The van der Waals surface area contributed by atoms with Gasteiger partial charge in [-0.3, -0.25) is 0 Å². The minimum Gasteiger partial charge on any atom is -0.383 e. The van der Waals surface area contributed by atoms with E-state index in [0.717, 1.165) is 16.1 Å². The second-order valence-electron chi connectivity index (χ2n) is 5.99. The number of halogens is 1. The largest absolute Gasteiger partial charge is 0.383 e. The second-order valence-corrected chi connectivity index (χ2v) is 6.81. The maximum atomic E-state index is 6.50. The third kappa shape index (κ3) is 4.36. The van der Waals surface area contributed by atoms with Gasteiger partial charge < -0.3 is 20.4 Å². The molecule has 1 atom stereocenters. The Labute approximate surface area is 163 Å². The molecule has 3 aromatic rings. The van der Waals surface area contributed by atoms with Gasteiger partial charge in [-0.15, -0.1) is 0 Å². The van der Waals surface area contributed by atoms with E-state index in [1.165, 1.54) is 10.9 Å². The van der Waals surface area contributed by atoms with Crippen LogP contribution in [0.1, 0.15) is 17.0 Å². The molecule has 0 fully saturated rings. The highest BCUT2D eigenvalue weighted by Crippen LogP contribution is 2.33. The van der Waals surface area contributed by atoms with Gasteiger partial charge in [0.05, 0.1) is 6.61 Å². The van der Waals surface area contributed by atoms with E-state index in [1.807, 2.05) is 30.3 Å². The molecule has 0 radical (unpaired) electrons. The van der Waals surface area contributed by atoms with E-state index in [1.54, 1.807) is 7.11 Å². The van der Waals surface area contributed by atoms with Crippen molar-refractivity contribution in [2.24, 2.45) is 0 Å². The molecule has 0 amide bonds. The van der Waals surface area contributed by atoms with Gasteiger partial charge >= 0.3 is 0 Å². The summed E-state index contributed by atoms with van der Waals surface area (Å²) in [5.74, 6) is 0.0713. The molecule has 0 bridgehead atoms. The summed E-state index contributed by atoms with van der Waals surface area (Å²) in [4.78, 5) is 3.35. The van der Waals surface area contributed by atoms with Crippen LogP contribution in [0.2, 0.25) is 5.02 Å². The van der Waals surface area contributed by atoms with Gasteiger partial charge in [-0.25, -0.2) is 0 Å². The number of thiocarbonyl (C=S) groups is 1. The first kappa shape index (κ1) is 18.7. The highest BCUT2D eigenvalue weighted by molar-refractivity contribution is 7.80. The van der Waals surface area contributed by atoms with Crippen LogP contribution in [0.25, 0.3) is 10.9 Å². The lowest BCUT2D eigenvalue weighted by atomic mass is 9.91. The number of ether oxygens (including phenoxy) is 1. The molecule has 0 saturated carbocycles. The van der Waals surface area contributed by atoms with Crippen molar-refractivity contribution in [1.29, 1.82) is 0 Å². The Hall–Kier alpha value is -2.08. The van der Waals surface area contributed by atoms with E-state index in [-0.39, 0.29) is 5.92 Å². The number of methoxy groups -OCH3 is 1. The minimum atomic E-state index is 0.0713. The zero-order valence-corrected chi connectivity index (χ0v) is 16.2. The predicted octanol–water partition coefficient (Wildman–Crippen LogP) is 4.06. The van der Waals surface area contributed by atoms with Crippen molar-refractivity contribution in [2.45, 2.75) is 5.92 Å². The van der Waals surface area contributed by atoms with Gasteiger partial charge in [0.25, 0.3) is 0 Å². The fourth-order valence-electron chi connectivity index (χ4n) is 3.05.